The number of hydrogen-bond acceptors (Lipinski definition) is 11. The smallest absolute Gasteiger partial charge is 0.243 e. The van der Waals surface area contributed by atoms with Crippen LogP contribution in [0.25, 0.3) is 17.1 Å². The number of halogens is 1. The number of ether oxygens (including phenoxy) is 3. The Labute approximate surface area is 242 Å². The van der Waals surface area contributed by atoms with Gasteiger partial charge in [-0.1, -0.05) is 6.07 Å². The number of benzene rings is 1. The fourth-order valence-corrected chi connectivity index (χ4v) is 6.25. The monoisotopic (exact) mass is 598 g/mol. The number of rotatable bonds is 10. The van der Waals surface area contributed by atoms with Crippen molar-refractivity contribution in [3.05, 3.63) is 60.9 Å². The fourth-order valence-electron chi connectivity index (χ4n) is 4.86. The van der Waals surface area contributed by atoms with Gasteiger partial charge in [-0.3, -0.25) is 14.3 Å². The predicted molar refractivity (Wildman–Crippen MR) is 153 cm³/mol. The van der Waals surface area contributed by atoms with Gasteiger partial charge in [0.15, 0.2) is 11.6 Å². The van der Waals surface area contributed by atoms with Crippen molar-refractivity contribution in [1.82, 2.24) is 29.7 Å². The van der Waals surface area contributed by atoms with Gasteiger partial charge in [0.1, 0.15) is 22.4 Å². The van der Waals surface area contributed by atoms with Crippen molar-refractivity contribution in [3.63, 3.8) is 0 Å². The first-order chi connectivity index (χ1) is 20.2. The van der Waals surface area contributed by atoms with Crippen molar-refractivity contribution in [3.8, 4) is 28.6 Å². The van der Waals surface area contributed by atoms with E-state index in [1.54, 1.807) is 47.6 Å². The number of nitrogens with one attached hydrogen (secondary N) is 1. The Hall–Kier alpha value is -4.37. The van der Waals surface area contributed by atoms with Crippen LogP contribution in [0.3, 0.4) is 0 Å². The summed E-state index contributed by atoms with van der Waals surface area (Å²) in [4.78, 5) is 14.0. The van der Waals surface area contributed by atoms with Gasteiger partial charge < -0.3 is 19.1 Å². The van der Waals surface area contributed by atoms with E-state index in [1.165, 1.54) is 18.8 Å². The number of hydrogen-bond donors (Lipinski definition) is 1. The number of methoxy groups -OCH3 is 2. The minimum atomic E-state index is -4.11. The number of pyridine rings is 1. The van der Waals surface area contributed by atoms with E-state index in [0.717, 1.165) is 12.4 Å². The van der Waals surface area contributed by atoms with Crippen LogP contribution >= 0.6 is 0 Å². The van der Waals surface area contributed by atoms with E-state index < -0.39 is 27.2 Å². The third-order valence-corrected chi connectivity index (χ3v) is 8.29. The van der Waals surface area contributed by atoms with Crippen LogP contribution in [0.15, 0.2) is 55.1 Å². The first-order valence-corrected chi connectivity index (χ1v) is 14.7. The average Bonchev–Trinajstić information content (AvgIpc) is 3.39. The summed E-state index contributed by atoms with van der Waals surface area (Å²) in [5.74, 6) is 0.661. The van der Waals surface area contributed by atoms with E-state index >= 15 is 0 Å². The van der Waals surface area contributed by atoms with Gasteiger partial charge in [-0.05, 0) is 44.5 Å². The van der Waals surface area contributed by atoms with E-state index in [4.69, 9.17) is 14.2 Å². The zero-order valence-corrected chi connectivity index (χ0v) is 24.3. The molecule has 1 fully saturated rings. The van der Waals surface area contributed by atoms with Gasteiger partial charge >= 0.3 is 0 Å². The van der Waals surface area contributed by atoms with Gasteiger partial charge in [-0.15, -0.1) is 10.2 Å². The predicted octanol–water partition coefficient (Wildman–Crippen LogP) is 3.09. The van der Waals surface area contributed by atoms with Crippen LogP contribution in [0.2, 0.25) is 0 Å². The van der Waals surface area contributed by atoms with Crippen LogP contribution in [0.4, 0.5) is 16.3 Å². The minimum Gasteiger partial charge on any atom is -0.494 e. The zero-order chi connectivity index (χ0) is 29.9. The molecule has 4 heterocycles. The van der Waals surface area contributed by atoms with E-state index in [9.17, 15) is 12.8 Å². The molecule has 1 saturated heterocycles. The lowest BCUT2D eigenvalue weighted by Crippen LogP contribution is -2.51. The summed E-state index contributed by atoms with van der Waals surface area (Å²) in [6, 6.07) is 8.71. The average molecular weight is 599 g/mol. The maximum atomic E-state index is 14.0. The number of para-hydroxylation sites is 1. The second-order valence-corrected chi connectivity index (χ2v) is 11.8. The number of sulfonamides is 1. The molecule has 0 bridgehead atoms. The molecular formula is C27H31FN8O5S. The number of piperidine rings is 1. The minimum absolute atomic E-state index is 0.0422. The molecule has 5 rings (SSSR count). The molecule has 3 aromatic heterocycles. The van der Waals surface area contributed by atoms with Gasteiger partial charge in [0.25, 0.3) is 0 Å². The van der Waals surface area contributed by atoms with E-state index in [0.29, 0.717) is 35.1 Å². The van der Waals surface area contributed by atoms with E-state index in [1.807, 2.05) is 13.8 Å². The molecule has 0 radical (unpaired) electrons. The molecule has 4 aromatic rings. The van der Waals surface area contributed by atoms with Crippen molar-refractivity contribution in [1.29, 1.82) is 0 Å². The van der Waals surface area contributed by atoms with Gasteiger partial charge in [0.05, 0.1) is 38.8 Å². The highest BCUT2D eigenvalue weighted by Crippen LogP contribution is 2.38. The first-order valence-electron chi connectivity index (χ1n) is 13.2. The van der Waals surface area contributed by atoms with Crippen molar-refractivity contribution < 1.29 is 27.0 Å². The Morgan fingerprint density at radius 2 is 1.71 bits per heavy atom. The highest BCUT2D eigenvalue weighted by Gasteiger charge is 2.38. The molecule has 1 aliphatic rings. The van der Waals surface area contributed by atoms with Crippen LogP contribution in [-0.4, -0.2) is 82.9 Å². The van der Waals surface area contributed by atoms with Gasteiger partial charge in [-0.2, -0.15) is 0 Å². The zero-order valence-electron chi connectivity index (χ0n) is 23.5. The molecule has 0 unspecified atom stereocenters. The number of nitrogens with zero attached hydrogens (tertiary/aromatic N) is 7. The SMILES string of the molecule is COc1cccc(OC)c1-n1c(NS(=O)(=O)[C@@H]2C[C@H](OC(C)C)CN(c3ncc(F)cn3)C2)nnc1-c1cccnc1. The second-order valence-electron chi connectivity index (χ2n) is 9.85. The van der Waals surface area contributed by atoms with Gasteiger partial charge in [0.2, 0.25) is 21.9 Å². The summed E-state index contributed by atoms with van der Waals surface area (Å²) >= 11 is 0. The highest BCUT2D eigenvalue weighted by molar-refractivity contribution is 7.93. The van der Waals surface area contributed by atoms with E-state index in [2.05, 4.69) is 29.9 Å². The molecular weight excluding hydrogens is 567 g/mol. The molecule has 1 aromatic carbocycles. The third kappa shape index (κ3) is 6.11. The molecule has 42 heavy (non-hydrogen) atoms. The van der Waals surface area contributed by atoms with Crippen LogP contribution in [-0.2, 0) is 14.8 Å². The molecule has 222 valence electrons. The standard InChI is InChI=1S/C27H31FN8O5S/c1-17(2)41-20-11-21(16-35(15-20)26-30-13-19(28)14-31-26)42(37,38)34-27-33-32-25(18-7-6-10-29-12-18)36(27)24-22(39-3)8-5-9-23(24)40-4/h5-10,12-14,17,20-21H,11,15-16H2,1-4H3,(H,33,34)/t20-,21+/m0/s1. The summed E-state index contributed by atoms with van der Waals surface area (Å²) < 4.78 is 62.9. The second kappa shape index (κ2) is 12.2. The van der Waals surface area contributed by atoms with Crippen LogP contribution in [0, 0.1) is 5.82 Å². The van der Waals surface area contributed by atoms with Crippen molar-refractivity contribution in [2.45, 2.75) is 37.7 Å². The lowest BCUT2D eigenvalue weighted by molar-refractivity contribution is 0.00147. The topological polar surface area (TPSA) is 146 Å². The Balaban J connectivity index is 1.56. The van der Waals surface area contributed by atoms with Crippen LogP contribution in [0.1, 0.15) is 20.3 Å². The summed E-state index contributed by atoms with van der Waals surface area (Å²) in [6.07, 6.45) is 4.89. The largest absolute Gasteiger partial charge is 0.494 e. The molecule has 2 atom stereocenters. The maximum absolute atomic E-state index is 14.0. The molecule has 1 aliphatic heterocycles. The van der Waals surface area contributed by atoms with Crippen LogP contribution in [0.5, 0.6) is 11.5 Å². The summed E-state index contributed by atoms with van der Waals surface area (Å²) in [5.41, 5.74) is 0.987. The first kappa shape index (κ1) is 29.1. The normalized spacial score (nSPS) is 17.3. The molecule has 13 nitrogen and oxygen atoms in total. The van der Waals surface area contributed by atoms with Gasteiger partial charge in [0, 0.05) is 31.0 Å². The van der Waals surface area contributed by atoms with Crippen LogP contribution < -0.4 is 19.1 Å². The molecule has 0 saturated carbocycles. The number of anilines is 2. The third-order valence-electron chi connectivity index (χ3n) is 6.61. The molecule has 0 amide bonds. The molecule has 15 heteroatoms. The van der Waals surface area contributed by atoms with Crippen molar-refractivity contribution in [2.24, 2.45) is 0 Å². The summed E-state index contributed by atoms with van der Waals surface area (Å²) in [5, 5.41) is 7.58. The van der Waals surface area contributed by atoms with E-state index in [-0.39, 0.29) is 31.0 Å². The Kier molecular flexibility index (Phi) is 8.49. The van der Waals surface area contributed by atoms with Crippen molar-refractivity contribution >= 4 is 21.9 Å². The Bertz CT molecular complexity index is 1600. The highest BCUT2D eigenvalue weighted by atomic mass is 32.2. The maximum Gasteiger partial charge on any atom is 0.243 e. The molecule has 0 spiro atoms. The quantitative estimate of drug-likeness (QED) is 0.287. The van der Waals surface area contributed by atoms with Crippen molar-refractivity contribution in [2.75, 3.05) is 36.9 Å². The Morgan fingerprint density at radius 3 is 2.33 bits per heavy atom. The fraction of sp³-hybridized carbons (Fsp3) is 0.370. The Morgan fingerprint density at radius 1 is 1.00 bits per heavy atom. The lowest BCUT2D eigenvalue weighted by atomic mass is 10.1. The summed E-state index contributed by atoms with van der Waals surface area (Å²) in [6.45, 7) is 4.13. The number of aromatic nitrogens is 6. The summed E-state index contributed by atoms with van der Waals surface area (Å²) in [7, 11) is -1.12. The molecule has 0 aliphatic carbocycles. The lowest BCUT2D eigenvalue weighted by Gasteiger charge is -2.37. The molecule has 1 N–H and O–H groups in total. The van der Waals surface area contributed by atoms with Gasteiger partial charge in [-0.25, -0.2) is 22.8 Å².